The fourth-order valence-electron chi connectivity index (χ4n) is 2.55. The van der Waals surface area contributed by atoms with E-state index in [9.17, 15) is 4.79 Å². The Bertz CT molecular complexity index is 416. The van der Waals surface area contributed by atoms with E-state index in [1.54, 1.807) is 10.9 Å². The lowest BCUT2D eigenvalue weighted by Gasteiger charge is -2.29. The van der Waals surface area contributed by atoms with Gasteiger partial charge in [0, 0.05) is 12.1 Å². The summed E-state index contributed by atoms with van der Waals surface area (Å²) in [5.74, 6) is 0.751. The normalized spacial score (nSPS) is 25.6. The van der Waals surface area contributed by atoms with Gasteiger partial charge in [0.2, 0.25) is 0 Å². The summed E-state index contributed by atoms with van der Waals surface area (Å²) in [7, 11) is 0. The zero-order chi connectivity index (χ0) is 11.5. The third kappa shape index (κ3) is 2.46. The molecule has 0 saturated heterocycles. The van der Waals surface area contributed by atoms with Crippen molar-refractivity contribution in [3.8, 4) is 0 Å². The highest BCUT2D eigenvalue weighted by Crippen LogP contribution is 2.33. The quantitative estimate of drug-likeness (QED) is 0.745. The number of aromatic nitrogens is 2. The van der Waals surface area contributed by atoms with Gasteiger partial charge >= 0.3 is 0 Å². The van der Waals surface area contributed by atoms with E-state index < -0.39 is 0 Å². The fraction of sp³-hybridized carbons (Fsp3) is 0.667. The van der Waals surface area contributed by atoms with Gasteiger partial charge in [-0.25, -0.2) is 4.98 Å². The summed E-state index contributed by atoms with van der Waals surface area (Å²) >= 11 is 5.69. The molecular weight excluding hydrogens is 224 g/mol. The molecule has 0 spiro atoms. The molecule has 2 unspecified atom stereocenters. The summed E-state index contributed by atoms with van der Waals surface area (Å²) in [5, 5.41) is 0.282. The zero-order valence-corrected chi connectivity index (χ0v) is 10.3. The van der Waals surface area contributed by atoms with Crippen LogP contribution in [0.15, 0.2) is 17.2 Å². The average Bonchev–Trinajstić information content (AvgIpc) is 2.29. The third-order valence-corrected chi connectivity index (χ3v) is 3.74. The van der Waals surface area contributed by atoms with E-state index in [-0.39, 0.29) is 10.7 Å². The molecule has 0 aliphatic heterocycles. The van der Waals surface area contributed by atoms with E-state index in [4.69, 9.17) is 11.6 Å². The molecule has 0 amide bonds. The van der Waals surface area contributed by atoms with E-state index in [0.29, 0.717) is 6.04 Å². The van der Waals surface area contributed by atoms with Gasteiger partial charge in [0.25, 0.3) is 5.56 Å². The molecule has 1 saturated carbocycles. The van der Waals surface area contributed by atoms with Gasteiger partial charge in [0.15, 0.2) is 0 Å². The number of hydrogen-bond donors (Lipinski definition) is 0. The number of nitrogens with zero attached hydrogens (tertiary/aromatic N) is 2. The van der Waals surface area contributed by atoms with Crippen molar-refractivity contribution in [1.82, 2.24) is 9.55 Å². The smallest absolute Gasteiger partial charge is 0.255 e. The van der Waals surface area contributed by atoms with Crippen molar-refractivity contribution in [2.75, 3.05) is 0 Å². The van der Waals surface area contributed by atoms with Crippen LogP contribution in [0.5, 0.6) is 0 Å². The SMILES string of the molecule is CCC1CCCC(n2cnc(Cl)cc2=O)C1. The van der Waals surface area contributed by atoms with Crippen LogP contribution in [-0.2, 0) is 0 Å². The lowest BCUT2D eigenvalue weighted by Crippen LogP contribution is -2.28. The Labute approximate surface area is 100 Å². The van der Waals surface area contributed by atoms with Crippen LogP contribution in [0.2, 0.25) is 5.15 Å². The van der Waals surface area contributed by atoms with Crippen molar-refractivity contribution in [3.63, 3.8) is 0 Å². The van der Waals surface area contributed by atoms with E-state index in [1.807, 2.05) is 0 Å². The Morgan fingerprint density at radius 1 is 1.56 bits per heavy atom. The van der Waals surface area contributed by atoms with E-state index in [1.165, 1.54) is 25.3 Å². The van der Waals surface area contributed by atoms with Gasteiger partial charge in [-0.05, 0) is 18.8 Å². The van der Waals surface area contributed by atoms with Gasteiger partial charge in [0.05, 0.1) is 6.33 Å². The highest BCUT2D eigenvalue weighted by molar-refractivity contribution is 6.29. The molecule has 2 rings (SSSR count). The molecule has 1 aliphatic rings. The average molecular weight is 241 g/mol. The van der Waals surface area contributed by atoms with E-state index in [2.05, 4.69) is 11.9 Å². The molecule has 1 aromatic rings. The molecule has 0 aromatic carbocycles. The summed E-state index contributed by atoms with van der Waals surface area (Å²) in [4.78, 5) is 15.8. The molecule has 1 heterocycles. The molecule has 16 heavy (non-hydrogen) atoms. The van der Waals surface area contributed by atoms with Crippen LogP contribution in [0, 0.1) is 5.92 Å². The molecule has 2 atom stereocenters. The number of hydrogen-bond acceptors (Lipinski definition) is 2. The second kappa shape index (κ2) is 5.00. The summed E-state index contributed by atoms with van der Waals surface area (Å²) in [6, 6.07) is 1.72. The number of rotatable bonds is 2. The van der Waals surface area contributed by atoms with E-state index >= 15 is 0 Å². The first-order chi connectivity index (χ1) is 7.70. The Morgan fingerprint density at radius 2 is 2.38 bits per heavy atom. The van der Waals surface area contributed by atoms with Crippen molar-refractivity contribution in [3.05, 3.63) is 27.9 Å². The van der Waals surface area contributed by atoms with Gasteiger partial charge in [-0.1, -0.05) is 37.8 Å². The Hall–Kier alpha value is -0.830. The molecule has 3 nitrogen and oxygen atoms in total. The molecule has 4 heteroatoms. The monoisotopic (exact) mass is 240 g/mol. The second-order valence-corrected chi connectivity index (χ2v) is 4.94. The minimum Gasteiger partial charge on any atom is -0.296 e. The fourth-order valence-corrected chi connectivity index (χ4v) is 2.69. The molecule has 0 bridgehead atoms. The van der Waals surface area contributed by atoms with Crippen LogP contribution in [0.3, 0.4) is 0 Å². The maximum Gasteiger partial charge on any atom is 0.255 e. The second-order valence-electron chi connectivity index (χ2n) is 4.55. The predicted octanol–water partition coefficient (Wildman–Crippen LogP) is 3.04. The lowest BCUT2D eigenvalue weighted by molar-refractivity contribution is 0.256. The van der Waals surface area contributed by atoms with Crippen LogP contribution in [-0.4, -0.2) is 9.55 Å². The molecule has 1 aliphatic carbocycles. The maximum absolute atomic E-state index is 11.8. The summed E-state index contributed by atoms with van der Waals surface area (Å²) in [5.41, 5.74) is -0.0262. The van der Waals surface area contributed by atoms with Crippen molar-refractivity contribution >= 4 is 11.6 Å². The number of halogens is 1. The standard InChI is InChI=1S/C12H17ClN2O/c1-2-9-4-3-5-10(6-9)15-8-14-11(13)7-12(15)16/h7-10H,2-6H2,1H3. The van der Waals surface area contributed by atoms with Crippen LogP contribution in [0.25, 0.3) is 0 Å². The van der Waals surface area contributed by atoms with Crippen molar-refractivity contribution in [2.24, 2.45) is 5.92 Å². The van der Waals surface area contributed by atoms with Crippen LogP contribution in [0.4, 0.5) is 0 Å². The maximum atomic E-state index is 11.8. The van der Waals surface area contributed by atoms with Gasteiger partial charge in [-0.2, -0.15) is 0 Å². The lowest BCUT2D eigenvalue weighted by atomic mass is 9.84. The first-order valence-corrected chi connectivity index (χ1v) is 6.32. The minimum atomic E-state index is -0.0262. The van der Waals surface area contributed by atoms with Gasteiger partial charge < -0.3 is 0 Å². The van der Waals surface area contributed by atoms with Crippen LogP contribution < -0.4 is 5.56 Å². The van der Waals surface area contributed by atoms with Crippen molar-refractivity contribution < 1.29 is 0 Å². The van der Waals surface area contributed by atoms with E-state index in [0.717, 1.165) is 18.8 Å². The summed E-state index contributed by atoms with van der Waals surface area (Å²) in [6.07, 6.45) is 7.47. The topological polar surface area (TPSA) is 34.9 Å². The highest BCUT2D eigenvalue weighted by atomic mass is 35.5. The van der Waals surface area contributed by atoms with Crippen LogP contribution >= 0.6 is 11.6 Å². The molecular formula is C12H17ClN2O. The highest BCUT2D eigenvalue weighted by Gasteiger charge is 2.22. The van der Waals surface area contributed by atoms with Crippen LogP contribution in [0.1, 0.15) is 45.1 Å². The zero-order valence-electron chi connectivity index (χ0n) is 9.53. The Balaban J connectivity index is 2.20. The first kappa shape index (κ1) is 11.6. The third-order valence-electron chi connectivity index (χ3n) is 3.53. The first-order valence-electron chi connectivity index (χ1n) is 5.94. The van der Waals surface area contributed by atoms with Gasteiger partial charge in [-0.3, -0.25) is 9.36 Å². The predicted molar refractivity (Wildman–Crippen MR) is 64.8 cm³/mol. The summed E-state index contributed by atoms with van der Waals surface area (Å²) < 4.78 is 1.74. The van der Waals surface area contributed by atoms with Crippen molar-refractivity contribution in [2.45, 2.75) is 45.1 Å². The van der Waals surface area contributed by atoms with Crippen molar-refractivity contribution in [1.29, 1.82) is 0 Å². The largest absolute Gasteiger partial charge is 0.296 e. The van der Waals surface area contributed by atoms with Gasteiger partial charge in [0.1, 0.15) is 5.15 Å². The Morgan fingerprint density at radius 3 is 3.06 bits per heavy atom. The molecule has 88 valence electrons. The Kier molecular flexibility index (Phi) is 3.64. The summed E-state index contributed by atoms with van der Waals surface area (Å²) in [6.45, 7) is 2.22. The molecule has 0 N–H and O–H groups in total. The molecule has 1 aromatic heterocycles. The molecule has 1 fully saturated rings. The minimum absolute atomic E-state index is 0.0262. The van der Waals surface area contributed by atoms with Gasteiger partial charge in [-0.15, -0.1) is 0 Å². The molecule has 0 radical (unpaired) electrons.